The van der Waals surface area contributed by atoms with Gasteiger partial charge in [-0.2, -0.15) is 0 Å². The molecule has 0 spiro atoms. The maximum atomic E-state index is 13.3. The van der Waals surface area contributed by atoms with Crippen molar-refractivity contribution >= 4 is 39.8 Å². The summed E-state index contributed by atoms with van der Waals surface area (Å²) in [5.41, 5.74) is 3.84. The van der Waals surface area contributed by atoms with Crippen molar-refractivity contribution in [1.82, 2.24) is 4.98 Å². The lowest BCUT2D eigenvalue weighted by atomic mass is 10.0. The number of nitrogens with one attached hydrogen (secondary N) is 2. The molecule has 39 heavy (non-hydrogen) atoms. The lowest BCUT2D eigenvalue weighted by Crippen LogP contribution is -2.14. The van der Waals surface area contributed by atoms with E-state index in [2.05, 4.69) is 15.6 Å². The number of rotatable bonds is 7. The fourth-order valence-corrected chi connectivity index (χ4v) is 4.27. The van der Waals surface area contributed by atoms with Crippen LogP contribution in [0.3, 0.4) is 0 Å². The molecule has 0 saturated heterocycles. The van der Waals surface area contributed by atoms with Gasteiger partial charge in [0.25, 0.3) is 17.5 Å². The first-order valence-corrected chi connectivity index (χ1v) is 11.9. The summed E-state index contributed by atoms with van der Waals surface area (Å²) in [7, 11) is 1.34. The highest BCUT2D eigenvalue weighted by molar-refractivity contribution is 6.13. The molecule has 192 valence electrons. The first-order chi connectivity index (χ1) is 18.9. The van der Waals surface area contributed by atoms with E-state index in [4.69, 9.17) is 4.74 Å². The number of para-hydroxylation sites is 2. The molecule has 5 rings (SSSR count). The van der Waals surface area contributed by atoms with Crippen LogP contribution in [0.1, 0.15) is 20.7 Å². The number of ether oxygens (including phenoxy) is 1. The molecule has 0 saturated carbocycles. The number of carbonyl (C=O) groups is 2. The van der Waals surface area contributed by atoms with Crippen LogP contribution in [0.5, 0.6) is 5.75 Å². The molecule has 2 N–H and O–H groups in total. The molecule has 0 atom stereocenters. The van der Waals surface area contributed by atoms with Gasteiger partial charge in [0.2, 0.25) is 0 Å². The molecule has 1 heterocycles. The van der Waals surface area contributed by atoms with E-state index in [-0.39, 0.29) is 22.9 Å². The number of pyridine rings is 1. The Labute approximate surface area is 223 Å². The molecule has 9 nitrogen and oxygen atoms in total. The second kappa shape index (κ2) is 10.8. The van der Waals surface area contributed by atoms with Gasteiger partial charge in [0.15, 0.2) is 0 Å². The van der Waals surface area contributed by atoms with Gasteiger partial charge in [-0.15, -0.1) is 0 Å². The summed E-state index contributed by atoms with van der Waals surface area (Å²) in [6, 6.07) is 27.5. The second-order valence-electron chi connectivity index (χ2n) is 8.55. The van der Waals surface area contributed by atoms with Gasteiger partial charge in [-0.05, 0) is 42.0 Å². The van der Waals surface area contributed by atoms with Gasteiger partial charge in [-0.25, -0.2) is 0 Å². The highest BCUT2D eigenvalue weighted by Gasteiger charge is 2.18. The zero-order valence-electron chi connectivity index (χ0n) is 20.8. The van der Waals surface area contributed by atoms with Crippen molar-refractivity contribution in [1.29, 1.82) is 0 Å². The van der Waals surface area contributed by atoms with Crippen LogP contribution < -0.4 is 15.4 Å². The molecular formula is C30H22N4O5. The van der Waals surface area contributed by atoms with E-state index in [1.165, 1.54) is 25.3 Å². The average Bonchev–Trinajstić information content (AvgIpc) is 2.96. The minimum atomic E-state index is -0.555. The van der Waals surface area contributed by atoms with Crippen molar-refractivity contribution < 1.29 is 19.2 Å². The molecule has 4 aromatic carbocycles. The summed E-state index contributed by atoms with van der Waals surface area (Å²) in [4.78, 5) is 41.1. The van der Waals surface area contributed by atoms with Crippen LogP contribution in [0, 0.1) is 10.1 Å². The smallest absolute Gasteiger partial charge is 0.273 e. The van der Waals surface area contributed by atoms with Crippen molar-refractivity contribution in [3.8, 4) is 16.9 Å². The standard InChI is InChI=1S/C30H22N4O5/c1-39-28-18-21(34(37)38)13-14-25(28)30(36)32-20-8-6-7-19(17-20)22-9-2-5-12-27(22)33-29(35)24-15-16-31-26-11-4-3-10-23(24)26/h2-18H,1H3,(H,32,36)(H,33,35). The molecule has 9 heteroatoms. The number of aromatic nitrogens is 1. The maximum Gasteiger partial charge on any atom is 0.273 e. The highest BCUT2D eigenvalue weighted by atomic mass is 16.6. The Morgan fingerprint density at radius 2 is 1.59 bits per heavy atom. The summed E-state index contributed by atoms with van der Waals surface area (Å²) in [6.07, 6.45) is 1.61. The van der Waals surface area contributed by atoms with E-state index in [9.17, 15) is 19.7 Å². The van der Waals surface area contributed by atoms with E-state index < -0.39 is 10.8 Å². The zero-order chi connectivity index (χ0) is 27.4. The summed E-state index contributed by atoms with van der Waals surface area (Å²) >= 11 is 0. The van der Waals surface area contributed by atoms with Crippen LogP contribution >= 0.6 is 0 Å². The van der Waals surface area contributed by atoms with Crippen molar-refractivity contribution in [2.75, 3.05) is 17.7 Å². The van der Waals surface area contributed by atoms with E-state index in [0.29, 0.717) is 16.9 Å². The SMILES string of the molecule is COc1cc([N+](=O)[O-])ccc1C(=O)Nc1cccc(-c2ccccc2NC(=O)c2ccnc3ccccc23)c1. The topological polar surface area (TPSA) is 123 Å². The molecule has 0 aliphatic heterocycles. The van der Waals surface area contributed by atoms with Crippen molar-refractivity contribution in [2.45, 2.75) is 0 Å². The number of nitrogens with zero attached hydrogens (tertiary/aromatic N) is 2. The lowest BCUT2D eigenvalue weighted by Gasteiger charge is -2.14. The van der Waals surface area contributed by atoms with Crippen molar-refractivity contribution in [3.63, 3.8) is 0 Å². The van der Waals surface area contributed by atoms with Gasteiger partial charge in [0, 0.05) is 34.6 Å². The van der Waals surface area contributed by atoms with Crippen LogP contribution in [0.2, 0.25) is 0 Å². The quantitative estimate of drug-likeness (QED) is 0.192. The van der Waals surface area contributed by atoms with Gasteiger partial charge in [-0.3, -0.25) is 24.7 Å². The molecule has 0 fully saturated rings. The van der Waals surface area contributed by atoms with Crippen LogP contribution in [-0.4, -0.2) is 28.8 Å². The number of hydrogen-bond donors (Lipinski definition) is 2. The van der Waals surface area contributed by atoms with Crippen LogP contribution in [0.15, 0.2) is 103 Å². The van der Waals surface area contributed by atoms with Gasteiger partial charge in [0.05, 0.1) is 34.7 Å². The van der Waals surface area contributed by atoms with E-state index in [1.54, 1.807) is 30.5 Å². The molecule has 0 aliphatic rings. The van der Waals surface area contributed by atoms with Crippen molar-refractivity contribution in [2.24, 2.45) is 0 Å². The van der Waals surface area contributed by atoms with Crippen LogP contribution in [0.4, 0.5) is 17.1 Å². The number of nitro groups is 1. The number of amides is 2. The Bertz CT molecular complexity index is 1730. The number of nitro benzene ring substituents is 1. The highest BCUT2D eigenvalue weighted by Crippen LogP contribution is 2.31. The van der Waals surface area contributed by atoms with Gasteiger partial charge >= 0.3 is 0 Å². The fraction of sp³-hybridized carbons (Fsp3) is 0.0333. The van der Waals surface area contributed by atoms with Gasteiger partial charge in [-0.1, -0.05) is 48.5 Å². The third-order valence-electron chi connectivity index (χ3n) is 6.14. The number of methoxy groups -OCH3 is 1. The van der Waals surface area contributed by atoms with E-state index >= 15 is 0 Å². The average molecular weight is 519 g/mol. The Hall–Kier alpha value is -5.57. The van der Waals surface area contributed by atoms with E-state index in [0.717, 1.165) is 22.0 Å². The maximum absolute atomic E-state index is 13.3. The molecule has 2 amide bonds. The minimum absolute atomic E-state index is 0.0922. The number of carbonyl (C=O) groups excluding carboxylic acids is 2. The summed E-state index contributed by atoms with van der Waals surface area (Å²) in [6.45, 7) is 0. The van der Waals surface area contributed by atoms with Gasteiger partial charge < -0.3 is 15.4 Å². The summed E-state index contributed by atoms with van der Waals surface area (Å²) in [5, 5.41) is 17.6. The predicted molar refractivity (Wildman–Crippen MR) is 149 cm³/mol. The molecule has 0 unspecified atom stereocenters. The second-order valence-corrected chi connectivity index (χ2v) is 8.55. The molecule has 1 aromatic heterocycles. The molecular weight excluding hydrogens is 496 g/mol. The Kier molecular flexibility index (Phi) is 6.96. The first kappa shape index (κ1) is 25.1. The Morgan fingerprint density at radius 1 is 0.821 bits per heavy atom. The predicted octanol–water partition coefficient (Wildman–Crippen LogP) is 6.32. The molecule has 0 bridgehead atoms. The third-order valence-corrected chi connectivity index (χ3v) is 6.14. The monoisotopic (exact) mass is 518 g/mol. The number of fused-ring (bicyclic) bond motifs is 1. The zero-order valence-corrected chi connectivity index (χ0v) is 20.8. The summed E-state index contributed by atoms with van der Waals surface area (Å²) < 4.78 is 5.19. The number of benzene rings is 4. The van der Waals surface area contributed by atoms with Crippen LogP contribution in [0.25, 0.3) is 22.0 Å². The van der Waals surface area contributed by atoms with Crippen LogP contribution in [-0.2, 0) is 0 Å². The molecule has 0 aliphatic carbocycles. The Morgan fingerprint density at radius 3 is 2.41 bits per heavy atom. The lowest BCUT2D eigenvalue weighted by molar-refractivity contribution is -0.384. The molecule has 0 radical (unpaired) electrons. The summed E-state index contributed by atoms with van der Waals surface area (Å²) in [5.74, 6) is -0.657. The molecule has 5 aromatic rings. The third kappa shape index (κ3) is 5.28. The minimum Gasteiger partial charge on any atom is -0.496 e. The fourth-order valence-electron chi connectivity index (χ4n) is 4.27. The van der Waals surface area contributed by atoms with E-state index in [1.807, 2.05) is 54.6 Å². The largest absolute Gasteiger partial charge is 0.496 e. The number of hydrogen-bond acceptors (Lipinski definition) is 6. The number of non-ortho nitro benzene ring substituents is 1. The van der Waals surface area contributed by atoms with Gasteiger partial charge in [0.1, 0.15) is 5.75 Å². The normalized spacial score (nSPS) is 10.6. The first-order valence-electron chi connectivity index (χ1n) is 11.9. The number of anilines is 2. The Balaban J connectivity index is 1.41. The van der Waals surface area contributed by atoms with Crippen molar-refractivity contribution in [3.05, 3.63) is 124 Å².